The molecule has 3 aromatic rings. The number of hydrogen-bond acceptors (Lipinski definition) is 4. The van der Waals surface area contributed by atoms with Gasteiger partial charge in [-0.1, -0.05) is 49.4 Å². The van der Waals surface area contributed by atoms with Gasteiger partial charge in [0.15, 0.2) is 0 Å². The summed E-state index contributed by atoms with van der Waals surface area (Å²) >= 11 is 0. The minimum absolute atomic E-state index is 0.143. The molecule has 0 aromatic heterocycles. The number of benzene rings is 3. The van der Waals surface area contributed by atoms with Crippen LogP contribution in [-0.2, 0) is 38.3 Å². The van der Waals surface area contributed by atoms with Crippen molar-refractivity contribution in [1.29, 1.82) is 0 Å². The van der Waals surface area contributed by atoms with Gasteiger partial charge in [0, 0.05) is 12.8 Å². The minimum Gasteiger partial charge on any atom is -0.469 e. The summed E-state index contributed by atoms with van der Waals surface area (Å²) in [6.45, 7) is 2.19. The van der Waals surface area contributed by atoms with E-state index in [0.29, 0.717) is 12.8 Å². The maximum Gasteiger partial charge on any atom is 0.305 e. The summed E-state index contributed by atoms with van der Waals surface area (Å²) in [7, 11) is 2.89. The van der Waals surface area contributed by atoms with Crippen molar-refractivity contribution < 1.29 is 19.1 Å². The quantitative estimate of drug-likeness (QED) is 0.201. The molecule has 0 saturated heterocycles. The number of ether oxygens (including phenoxy) is 2. The predicted octanol–water partition coefficient (Wildman–Crippen LogP) is 6.33. The number of esters is 2. The zero-order valence-corrected chi connectivity index (χ0v) is 19.5. The van der Waals surface area contributed by atoms with E-state index in [-0.39, 0.29) is 11.9 Å². The lowest BCUT2D eigenvalue weighted by atomic mass is 9.86. The van der Waals surface area contributed by atoms with Gasteiger partial charge in [-0.2, -0.15) is 0 Å². The largest absolute Gasteiger partial charge is 0.469 e. The first-order valence-electron chi connectivity index (χ1n) is 11.7. The van der Waals surface area contributed by atoms with Gasteiger partial charge in [-0.05, 0) is 83.2 Å². The van der Waals surface area contributed by atoms with Crippen LogP contribution in [-0.4, -0.2) is 26.2 Å². The highest BCUT2D eigenvalue weighted by Crippen LogP contribution is 2.35. The molecule has 0 saturated carbocycles. The Morgan fingerprint density at radius 1 is 0.688 bits per heavy atom. The van der Waals surface area contributed by atoms with Crippen molar-refractivity contribution in [2.24, 2.45) is 0 Å². The van der Waals surface area contributed by atoms with Crippen molar-refractivity contribution in [1.82, 2.24) is 0 Å². The van der Waals surface area contributed by atoms with E-state index in [1.54, 1.807) is 0 Å². The van der Waals surface area contributed by atoms with Crippen LogP contribution in [0.5, 0.6) is 0 Å². The van der Waals surface area contributed by atoms with Gasteiger partial charge in [0.05, 0.1) is 14.2 Å². The van der Waals surface area contributed by atoms with Gasteiger partial charge in [-0.15, -0.1) is 0 Å². The zero-order chi connectivity index (χ0) is 22.9. The molecular formula is C28H34O4. The Bertz CT molecular complexity index is 1080. The molecule has 0 N–H and O–H groups in total. The fourth-order valence-electron chi connectivity index (χ4n) is 4.51. The Hall–Kier alpha value is -2.88. The lowest BCUT2D eigenvalue weighted by molar-refractivity contribution is -0.141. The van der Waals surface area contributed by atoms with E-state index < -0.39 is 0 Å². The average Bonchev–Trinajstić information content (AvgIpc) is 2.83. The molecule has 0 fully saturated rings. The molecule has 0 radical (unpaired) electrons. The summed E-state index contributed by atoms with van der Waals surface area (Å²) in [5, 5.41) is 5.23. The van der Waals surface area contributed by atoms with E-state index in [1.807, 2.05) is 0 Å². The second-order valence-corrected chi connectivity index (χ2v) is 8.30. The molecular weight excluding hydrogens is 400 g/mol. The van der Waals surface area contributed by atoms with Crippen LogP contribution in [0.4, 0.5) is 0 Å². The fourth-order valence-corrected chi connectivity index (χ4v) is 4.51. The molecule has 3 rings (SSSR count). The van der Waals surface area contributed by atoms with Crippen LogP contribution in [0, 0.1) is 0 Å². The number of carbonyl (C=O) groups is 2. The third-order valence-corrected chi connectivity index (χ3v) is 6.29. The Morgan fingerprint density at radius 2 is 1.19 bits per heavy atom. The highest BCUT2D eigenvalue weighted by Gasteiger charge is 2.14. The summed E-state index contributed by atoms with van der Waals surface area (Å²) < 4.78 is 9.57. The number of rotatable bonds is 11. The molecule has 0 aliphatic carbocycles. The average molecular weight is 435 g/mol. The summed E-state index contributed by atoms with van der Waals surface area (Å²) in [4.78, 5) is 23.0. The second kappa shape index (κ2) is 11.7. The minimum atomic E-state index is -0.144. The van der Waals surface area contributed by atoms with E-state index in [9.17, 15) is 9.59 Å². The Balaban J connectivity index is 1.98. The summed E-state index contributed by atoms with van der Waals surface area (Å²) in [5.74, 6) is -0.287. The van der Waals surface area contributed by atoms with Gasteiger partial charge in [0.25, 0.3) is 0 Å². The molecule has 170 valence electrons. The van der Waals surface area contributed by atoms with Crippen molar-refractivity contribution in [3.63, 3.8) is 0 Å². The number of fused-ring (bicyclic) bond motifs is 2. The molecule has 4 heteroatoms. The third kappa shape index (κ3) is 5.67. The van der Waals surface area contributed by atoms with Crippen LogP contribution in [0.3, 0.4) is 0 Å². The monoisotopic (exact) mass is 434 g/mol. The zero-order valence-electron chi connectivity index (χ0n) is 19.5. The summed E-state index contributed by atoms with van der Waals surface area (Å²) in [6.07, 6.45) is 7.33. The lowest BCUT2D eigenvalue weighted by Gasteiger charge is -2.18. The fraction of sp³-hybridized carbons (Fsp3) is 0.429. The topological polar surface area (TPSA) is 52.6 Å². The Labute approximate surface area is 190 Å². The summed E-state index contributed by atoms with van der Waals surface area (Å²) in [5.41, 5.74) is 4.07. The Kier molecular flexibility index (Phi) is 8.66. The number of methoxy groups -OCH3 is 2. The van der Waals surface area contributed by atoms with Gasteiger partial charge in [0.1, 0.15) is 0 Å². The molecule has 0 heterocycles. The number of aryl methyl sites for hydroxylation is 3. The lowest BCUT2D eigenvalue weighted by Crippen LogP contribution is -2.02. The van der Waals surface area contributed by atoms with Crippen molar-refractivity contribution in [2.45, 2.75) is 64.7 Å². The Morgan fingerprint density at radius 3 is 1.69 bits per heavy atom. The SMILES string of the molecule is CCc1ccc2c(CCCCC(=O)OC)c3ccccc3c(CCCCC(=O)OC)c2c1. The first kappa shape index (κ1) is 23.8. The smallest absolute Gasteiger partial charge is 0.305 e. The van der Waals surface area contributed by atoms with Crippen molar-refractivity contribution in [3.05, 3.63) is 59.2 Å². The van der Waals surface area contributed by atoms with Crippen molar-refractivity contribution >= 4 is 33.5 Å². The maximum absolute atomic E-state index is 11.5. The van der Waals surface area contributed by atoms with E-state index in [2.05, 4.69) is 49.4 Å². The van der Waals surface area contributed by atoms with E-state index in [0.717, 1.165) is 44.9 Å². The first-order chi connectivity index (χ1) is 15.6. The molecule has 0 amide bonds. The normalized spacial score (nSPS) is 11.1. The van der Waals surface area contributed by atoms with Crippen LogP contribution in [0.25, 0.3) is 21.5 Å². The predicted molar refractivity (Wildman–Crippen MR) is 130 cm³/mol. The molecule has 32 heavy (non-hydrogen) atoms. The molecule has 0 aliphatic rings. The van der Waals surface area contributed by atoms with Crippen LogP contribution < -0.4 is 0 Å². The van der Waals surface area contributed by atoms with Gasteiger partial charge < -0.3 is 9.47 Å². The molecule has 4 nitrogen and oxygen atoms in total. The number of hydrogen-bond donors (Lipinski definition) is 0. The molecule has 3 aromatic carbocycles. The number of carbonyl (C=O) groups excluding carboxylic acids is 2. The molecule has 0 aliphatic heterocycles. The molecule has 0 unspecified atom stereocenters. The molecule has 0 bridgehead atoms. The van der Waals surface area contributed by atoms with Gasteiger partial charge in [-0.25, -0.2) is 0 Å². The highest BCUT2D eigenvalue weighted by molar-refractivity contribution is 6.06. The maximum atomic E-state index is 11.5. The van der Waals surface area contributed by atoms with E-state index in [1.165, 1.54) is 52.5 Å². The van der Waals surface area contributed by atoms with Crippen LogP contribution in [0.15, 0.2) is 42.5 Å². The highest BCUT2D eigenvalue weighted by atomic mass is 16.5. The van der Waals surface area contributed by atoms with Gasteiger partial charge >= 0.3 is 11.9 Å². The molecule has 0 spiro atoms. The number of unbranched alkanes of at least 4 members (excludes halogenated alkanes) is 2. The van der Waals surface area contributed by atoms with Gasteiger partial charge in [-0.3, -0.25) is 9.59 Å². The van der Waals surface area contributed by atoms with E-state index in [4.69, 9.17) is 9.47 Å². The standard InChI is InChI=1S/C28H34O4/c1-4-20-17-18-25-23(13-7-9-15-27(29)31-2)21-11-5-6-12-22(21)24(26(25)19-20)14-8-10-16-28(30)32-3/h5-6,11-12,17-19H,4,7-10,13-16H2,1-3H3. The van der Waals surface area contributed by atoms with Crippen molar-refractivity contribution in [3.8, 4) is 0 Å². The van der Waals surface area contributed by atoms with Crippen LogP contribution >= 0.6 is 0 Å². The van der Waals surface area contributed by atoms with Crippen molar-refractivity contribution in [2.75, 3.05) is 14.2 Å². The third-order valence-electron chi connectivity index (χ3n) is 6.29. The van der Waals surface area contributed by atoms with E-state index >= 15 is 0 Å². The van der Waals surface area contributed by atoms with Crippen LogP contribution in [0.1, 0.15) is 62.1 Å². The summed E-state index contributed by atoms with van der Waals surface area (Å²) in [6, 6.07) is 15.5. The first-order valence-corrected chi connectivity index (χ1v) is 11.7. The molecule has 0 atom stereocenters. The second-order valence-electron chi connectivity index (χ2n) is 8.30. The van der Waals surface area contributed by atoms with Gasteiger partial charge in [0.2, 0.25) is 0 Å². The van der Waals surface area contributed by atoms with Crippen LogP contribution in [0.2, 0.25) is 0 Å².